The Morgan fingerprint density at radius 3 is 2.69 bits per heavy atom. The van der Waals surface area contributed by atoms with Crippen LogP contribution in [0.4, 0.5) is 0 Å². The summed E-state index contributed by atoms with van der Waals surface area (Å²) in [6, 6.07) is 0. The average molecular weight is 498 g/mol. The van der Waals surface area contributed by atoms with E-state index < -0.39 is 0 Å². The number of esters is 1. The molecule has 0 unspecified atom stereocenters. The molecule has 5 heteroatoms. The topological polar surface area (TPSA) is 64.6 Å². The van der Waals surface area contributed by atoms with Crippen LogP contribution < -0.4 is 5.32 Å². The fourth-order valence-corrected chi connectivity index (χ4v) is 9.34. The lowest BCUT2D eigenvalue weighted by Gasteiger charge is -2.58. The molecule has 3 fully saturated rings. The van der Waals surface area contributed by atoms with Gasteiger partial charge in [0.2, 0.25) is 5.91 Å². The minimum absolute atomic E-state index is 0.0504. The lowest BCUT2D eigenvalue weighted by atomic mass is 9.47. The van der Waals surface area contributed by atoms with Crippen LogP contribution in [0.2, 0.25) is 0 Å². The summed E-state index contributed by atoms with van der Waals surface area (Å²) in [5.41, 5.74) is 3.66. The van der Waals surface area contributed by atoms with Crippen LogP contribution in [-0.4, -0.2) is 30.6 Å². The van der Waals surface area contributed by atoms with Crippen LogP contribution in [0, 0.1) is 40.4 Å². The molecule has 0 spiro atoms. The fraction of sp³-hybridized carbons (Fsp3) is 0.806. The largest absolute Gasteiger partial charge is 0.494 e. The Morgan fingerprint density at radius 2 is 1.97 bits per heavy atom. The lowest BCUT2D eigenvalue weighted by molar-refractivity contribution is -0.148. The van der Waals surface area contributed by atoms with E-state index in [2.05, 4.69) is 39.1 Å². The van der Waals surface area contributed by atoms with Gasteiger partial charge in [-0.25, -0.2) is 0 Å². The van der Waals surface area contributed by atoms with Crippen molar-refractivity contribution in [3.63, 3.8) is 0 Å². The molecular formula is C31H47NO4. The molecule has 0 aromatic heterocycles. The normalized spacial score (nSPS) is 41.8. The van der Waals surface area contributed by atoms with E-state index in [0.717, 1.165) is 56.4 Å². The number of carbonyl (C=O) groups is 2. The Balaban J connectivity index is 1.29. The molecule has 1 aliphatic heterocycles. The van der Waals surface area contributed by atoms with Crippen LogP contribution in [-0.2, 0) is 19.1 Å². The van der Waals surface area contributed by atoms with Gasteiger partial charge in [0.05, 0.1) is 5.76 Å². The van der Waals surface area contributed by atoms with Gasteiger partial charge in [-0.15, -0.1) is 0 Å². The highest BCUT2D eigenvalue weighted by Crippen LogP contribution is 2.69. The maximum atomic E-state index is 11.5. The first kappa shape index (κ1) is 25.9. The highest BCUT2D eigenvalue weighted by molar-refractivity contribution is 5.72. The molecular weight excluding hydrogens is 450 g/mol. The Labute approximate surface area is 217 Å². The van der Waals surface area contributed by atoms with E-state index in [-0.39, 0.29) is 23.4 Å². The fourth-order valence-electron chi connectivity index (χ4n) is 9.34. The van der Waals surface area contributed by atoms with Gasteiger partial charge in [-0.1, -0.05) is 32.4 Å². The molecule has 1 heterocycles. The Kier molecular flexibility index (Phi) is 6.83. The highest BCUT2D eigenvalue weighted by atomic mass is 16.5. The van der Waals surface area contributed by atoms with Gasteiger partial charge in [0.1, 0.15) is 12.2 Å². The number of hydrogen-bond acceptors (Lipinski definition) is 4. The second kappa shape index (κ2) is 9.51. The number of nitrogens with one attached hydrogen (secondary N) is 1. The summed E-state index contributed by atoms with van der Waals surface area (Å²) in [7, 11) is 0. The van der Waals surface area contributed by atoms with Crippen molar-refractivity contribution in [3.05, 3.63) is 23.0 Å². The van der Waals surface area contributed by atoms with E-state index in [4.69, 9.17) is 9.47 Å². The van der Waals surface area contributed by atoms with Gasteiger partial charge < -0.3 is 14.8 Å². The molecule has 1 N–H and O–H groups in total. The number of allylic oxidation sites excluding steroid dienone is 2. The van der Waals surface area contributed by atoms with Crippen LogP contribution in [0.1, 0.15) is 99.3 Å². The number of amides is 1. The summed E-state index contributed by atoms with van der Waals surface area (Å²) in [6.07, 6.45) is 13.0. The van der Waals surface area contributed by atoms with Crippen LogP contribution in [0.25, 0.3) is 0 Å². The van der Waals surface area contributed by atoms with Gasteiger partial charge in [-0.3, -0.25) is 9.59 Å². The SMILES string of the molecule is CC(=O)NC[C@@H](C)CCC1=C(C)[C@H]2[C@H](C[C@H]3[C@@H]4CC=C5C[C@@H](OC(C)=O)CC[C@]5(C)[C@H]4CC[C@@]32C)O1. The van der Waals surface area contributed by atoms with Gasteiger partial charge in [0.15, 0.2) is 0 Å². The maximum Gasteiger partial charge on any atom is 0.302 e. The van der Waals surface area contributed by atoms with Crippen LogP contribution >= 0.6 is 0 Å². The zero-order chi connectivity index (χ0) is 25.8. The van der Waals surface area contributed by atoms with Gasteiger partial charge in [0.25, 0.3) is 0 Å². The monoisotopic (exact) mass is 497 g/mol. The van der Waals surface area contributed by atoms with Crippen LogP contribution in [0.5, 0.6) is 0 Å². The van der Waals surface area contributed by atoms with Crippen LogP contribution in [0.3, 0.4) is 0 Å². The summed E-state index contributed by atoms with van der Waals surface area (Å²) in [4.78, 5) is 22.8. The molecule has 0 aromatic rings. The quantitative estimate of drug-likeness (QED) is 0.344. The van der Waals surface area contributed by atoms with E-state index in [0.29, 0.717) is 23.4 Å². The Morgan fingerprint density at radius 1 is 1.19 bits per heavy atom. The molecule has 9 atom stereocenters. The van der Waals surface area contributed by atoms with Gasteiger partial charge in [-0.05, 0) is 91.9 Å². The maximum absolute atomic E-state index is 11.5. The first-order valence-electron chi connectivity index (χ1n) is 14.5. The highest BCUT2D eigenvalue weighted by Gasteiger charge is 2.63. The Bertz CT molecular complexity index is 968. The van der Waals surface area contributed by atoms with Crippen molar-refractivity contribution >= 4 is 11.9 Å². The Hall–Kier alpha value is -1.78. The summed E-state index contributed by atoms with van der Waals surface area (Å²) in [6.45, 7) is 13.5. The molecule has 3 saturated carbocycles. The molecule has 5 aliphatic rings. The van der Waals surface area contributed by atoms with Crippen molar-refractivity contribution < 1.29 is 19.1 Å². The summed E-state index contributed by atoms with van der Waals surface area (Å²) < 4.78 is 12.3. The first-order chi connectivity index (χ1) is 17.0. The molecule has 0 saturated heterocycles. The second-order valence-corrected chi connectivity index (χ2v) is 13.3. The molecule has 4 aliphatic carbocycles. The predicted molar refractivity (Wildman–Crippen MR) is 141 cm³/mol. The third-order valence-corrected chi connectivity index (χ3v) is 11.2. The smallest absolute Gasteiger partial charge is 0.302 e. The summed E-state index contributed by atoms with van der Waals surface area (Å²) in [5, 5.41) is 2.95. The summed E-state index contributed by atoms with van der Waals surface area (Å²) >= 11 is 0. The van der Waals surface area contributed by atoms with Crippen molar-refractivity contribution in [1.82, 2.24) is 5.32 Å². The molecule has 200 valence electrons. The molecule has 5 nitrogen and oxygen atoms in total. The van der Waals surface area contributed by atoms with Crippen LogP contribution in [0.15, 0.2) is 23.0 Å². The third-order valence-electron chi connectivity index (χ3n) is 11.2. The number of rotatable bonds is 6. The van der Waals surface area contributed by atoms with Gasteiger partial charge >= 0.3 is 5.97 Å². The molecule has 5 rings (SSSR count). The number of ether oxygens (including phenoxy) is 2. The lowest BCUT2D eigenvalue weighted by Crippen LogP contribution is -2.50. The molecule has 1 amide bonds. The van der Waals surface area contributed by atoms with Crippen molar-refractivity contribution in [2.45, 2.75) is 112 Å². The number of fused-ring (bicyclic) bond motifs is 7. The van der Waals surface area contributed by atoms with E-state index in [1.807, 2.05) is 0 Å². The minimum atomic E-state index is -0.145. The molecule has 0 radical (unpaired) electrons. The molecule has 0 aromatic carbocycles. The number of hydrogen-bond donors (Lipinski definition) is 1. The van der Waals surface area contributed by atoms with Crippen molar-refractivity contribution in [2.24, 2.45) is 40.4 Å². The van der Waals surface area contributed by atoms with Gasteiger partial charge in [0, 0.05) is 39.2 Å². The zero-order valence-electron chi connectivity index (χ0n) is 23.3. The van der Waals surface area contributed by atoms with Crippen molar-refractivity contribution in [3.8, 4) is 0 Å². The van der Waals surface area contributed by atoms with E-state index in [9.17, 15) is 9.59 Å². The van der Waals surface area contributed by atoms with Gasteiger partial charge in [-0.2, -0.15) is 0 Å². The molecule has 0 bridgehead atoms. The van der Waals surface area contributed by atoms with Crippen molar-refractivity contribution in [1.29, 1.82) is 0 Å². The second-order valence-electron chi connectivity index (χ2n) is 13.3. The standard InChI is InChI=1S/C31H47NO4/c1-18(17-32-20(3)33)7-10-27-19(2)29-28(36-27)16-26-24-9-8-22-15-23(35-21(4)34)11-13-30(22,5)25(24)12-14-31(26,29)6/h8,18,23-26,28-29H,7,9-17H2,1-6H3,(H,32,33)/t18-,23-,24+,25-,26-,28-,29-,30-,31-/m0/s1. The predicted octanol–water partition coefficient (Wildman–Crippen LogP) is 6.33. The third kappa shape index (κ3) is 4.32. The first-order valence-corrected chi connectivity index (χ1v) is 14.5. The average Bonchev–Trinajstić information content (AvgIpc) is 3.29. The summed E-state index contributed by atoms with van der Waals surface area (Å²) in [5.74, 6) is 4.37. The van der Waals surface area contributed by atoms with E-state index in [1.54, 1.807) is 12.5 Å². The minimum Gasteiger partial charge on any atom is -0.494 e. The number of carbonyl (C=O) groups excluding carboxylic acids is 2. The molecule has 36 heavy (non-hydrogen) atoms. The zero-order valence-corrected chi connectivity index (χ0v) is 23.3. The van der Waals surface area contributed by atoms with E-state index >= 15 is 0 Å². The van der Waals surface area contributed by atoms with E-state index in [1.165, 1.54) is 43.9 Å². The van der Waals surface area contributed by atoms with Crippen molar-refractivity contribution in [2.75, 3.05) is 6.54 Å².